The first-order valence-electron chi connectivity index (χ1n) is 19.6. The predicted octanol–water partition coefficient (Wildman–Crippen LogP) is 9.91. The number of allylic oxidation sites excluding steroid dienone is 3. The van der Waals surface area contributed by atoms with E-state index in [1.54, 1.807) is 55.7 Å². The Bertz CT molecular complexity index is 2230. The van der Waals surface area contributed by atoms with Crippen LogP contribution in [0.4, 0.5) is 20.6 Å². The second-order valence-electron chi connectivity index (χ2n) is 13.2. The SMILES string of the molecule is C=C/C=C\C.CC.COc1cc(NC(=O)CCN2CCC(OC(=O)Nc3ccsc3-c3ccc(F)cc3)CC2)c(Cl)cc1CNCCc1ccc(O)c2[nH]c(=O)ccc12. The van der Waals surface area contributed by atoms with Crippen molar-refractivity contribution in [2.24, 2.45) is 0 Å². The summed E-state index contributed by atoms with van der Waals surface area (Å²) in [6.07, 6.45) is 7.02. The standard InChI is InChI=1S/C38H39ClFN5O6S.C5H8.C2H6/c1-50-33-21-31(29(39)20-25(33)22-41-15-10-23-4-8-32(46)36-28(23)7-9-34(47)44-36)42-35(48)13-18-45-16-11-27(12-17-45)51-38(49)43-30-14-19-52-37(30)24-2-5-26(40)6-3-24;1-3-5-4-2;1-2/h2-9,14,19-21,27,41,46H,10-13,15-18,22H2,1H3,(H,42,48)(H,43,49)(H,44,47);3-5H,1H2,2H3;1-2H3/b;5-4-;. The van der Waals surface area contributed by atoms with Gasteiger partial charge < -0.3 is 35.1 Å². The summed E-state index contributed by atoms with van der Waals surface area (Å²) in [7, 11) is 1.56. The van der Waals surface area contributed by atoms with Gasteiger partial charge in [-0.3, -0.25) is 14.9 Å². The number of phenolic OH excluding ortho intramolecular Hbond substituents is 1. The van der Waals surface area contributed by atoms with Gasteiger partial charge in [-0.25, -0.2) is 9.18 Å². The van der Waals surface area contributed by atoms with Crippen molar-refractivity contribution in [2.45, 2.75) is 59.1 Å². The number of aromatic hydroxyl groups is 1. The van der Waals surface area contributed by atoms with Crippen LogP contribution in [-0.4, -0.2) is 66.4 Å². The number of halogens is 2. The number of H-pyrrole nitrogens is 1. The third-order valence-corrected chi connectivity index (χ3v) is 10.6. The molecule has 0 radical (unpaired) electrons. The molecule has 5 aromatic rings. The summed E-state index contributed by atoms with van der Waals surface area (Å²) in [6, 6.07) is 18.0. The molecule has 6 rings (SSSR count). The fraction of sp³-hybridized carbons (Fsp3) is 0.311. The maximum Gasteiger partial charge on any atom is 0.411 e. The Kier molecular flexibility index (Phi) is 18.7. The topological polar surface area (TPSA) is 145 Å². The quantitative estimate of drug-likeness (QED) is 0.0549. The lowest BCUT2D eigenvalue weighted by Crippen LogP contribution is -2.39. The van der Waals surface area contributed by atoms with Crippen LogP contribution in [0.15, 0.2) is 102 Å². The van der Waals surface area contributed by atoms with Gasteiger partial charge in [0.1, 0.15) is 23.4 Å². The molecular weight excluding hydrogens is 793 g/mol. The number of phenols is 1. The third-order valence-electron chi connectivity index (χ3n) is 9.29. The number of hydrogen-bond donors (Lipinski definition) is 5. The highest BCUT2D eigenvalue weighted by atomic mass is 35.5. The number of nitrogens with one attached hydrogen (secondary N) is 4. The summed E-state index contributed by atoms with van der Waals surface area (Å²) in [4.78, 5) is 42.9. The maximum atomic E-state index is 13.3. The normalized spacial score (nSPS) is 12.8. The average Bonchev–Trinajstić information content (AvgIpc) is 3.70. The number of methoxy groups -OCH3 is 1. The smallest absolute Gasteiger partial charge is 0.411 e. The van der Waals surface area contributed by atoms with Crippen LogP contribution in [0, 0.1) is 5.82 Å². The summed E-state index contributed by atoms with van der Waals surface area (Å²) in [6.45, 7) is 12.4. The molecule has 0 bridgehead atoms. The second-order valence-corrected chi connectivity index (χ2v) is 14.6. The largest absolute Gasteiger partial charge is 0.506 e. The van der Waals surface area contributed by atoms with Gasteiger partial charge in [0, 0.05) is 55.7 Å². The van der Waals surface area contributed by atoms with Crippen LogP contribution < -0.4 is 26.2 Å². The molecule has 11 nitrogen and oxygen atoms in total. The van der Waals surface area contributed by atoms with Crippen LogP contribution in [0.2, 0.25) is 5.02 Å². The number of hydrogen-bond acceptors (Lipinski definition) is 9. The summed E-state index contributed by atoms with van der Waals surface area (Å²) < 4.78 is 24.6. The van der Waals surface area contributed by atoms with Crippen molar-refractivity contribution in [3.05, 3.63) is 129 Å². The van der Waals surface area contributed by atoms with Crippen LogP contribution in [0.25, 0.3) is 21.3 Å². The number of carbonyl (C=O) groups is 2. The predicted molar refractivity (Wildman–Crippen MR) is 239 cm³/mol. The molecule has 1 aliphatic rings. The number of likely N-dealkylation sites (tertiary alicyclic amines) is 1. The summed E-state index contributed by atoms with van der Waals surface area (Å²) in [5.74, 6) is 0.109. The minimum Gasteiger partial charge on any atom is -0.506 e. The highest BCUT2D eigenvalue weighted by molar-refractivity contribution is 7.14. The molecule has 3 aromatic carbocycles. The molecule has 1 saturated heterocycles. The number of ether oxygens (including phenoxy) is 2. The number of rotatable bonds is 14. The molecule has 0 unspecified atom stereocenters. The number of thiophene rings is 1. The monoisotopic (exact) mass is 845 g/mol. The summed E-state index contributed by atoms with van der Waals surface area (Å²) in [5.41, 5.74) is 3.84. The lowest BCUT2D eigenvalue weighted by Gasteiger charge is -2.31. The van der Waals surface area contributed by atoms with Crippen LogP contribution in [0.3, 0.4) is 0 Å². The van der Waals surface area contributed by atoms with Gasteiger partial charge in [-0.05, 0) is 85.6 Å². The molecule has 0 saturated carbocycles. The Morgan fingerprint density at radius 2 is 1.78 bits per heavy atom. The Morgan fingerprint density at radius 1 is 1.03 bits per heavy atom. The number of aromatic amines is 1. The van der Waals surface area contributed by atoms with E-state index in [0.717, 1.165) is 27.0 Å². The zero-order valence-electron chi connectivity index (χ0n) is 33.9. The van der Waals surface area contributed by atoms with Crippen LogP contribution in [0.5, 0.6) is 11.5 Å². The minimum absolute atomic E-state index is 0.0277. The van der Waals surface area contributed by atoms with Gasteiger partial charge >= 0.3 is 6.09 Å². The molecule has 2 amide bonds. The molecule has 314 valence electrons. The van der Waals surface area contributed by atoms with Crippen molar-refractivity contribution >= 4 is 57.2 Å². The Morgan fingerprint density at radius 3 is 2.46 bits per heavy atom. The van der Waals surface area contributed by atoms with E-state index in [4.69, 9.17) is 21.1 Å². The number of pyridine rings is 1. The number of amides is 2. The molecule has 1 aliphatic heterocycles. The highest BCUT2D eigenvalue weighted by Gasteiger charge is 2.24. The minimum atomic E-state index is -0.531. The van der Waals surface area contributed by atoms with Crippen molar-refractivity contribution in [2.75, 3.05) is 43.9 Å². The molecular formula is C45H53ClFN5O6S. The van der Waals surface area contributed by atoms with E-state index in [-0.39, 0.29) is 35.6 Å². The zero-order chi connectivity index (χ0) is 42.7. The first-order chi connectivity index (χ1) is 28.6. The Hall–Kier alpha value is -5.47. The van der Waals surface area contributed by atoms with E-state index in [1.807, 2.05) is 44.4 Å². The molecule has 0 spiro atoms. The number of piperidine rings is 1. The van der Waals surface area contributed by atoms with Gasteiger partial charge in [-0.15, -0.1) is 11.3 Å². The van der Waals surface area contributed by atoms with Crippen molar-refractivity contribution in [3.63, 3.8) is 0 Å². The van der Waals surface area contributed by atoms with Gasteiger partial charge in [0.25, 0.3) is 0 Å². The fourth-order valence-electron chi connectivity index (χ4n) is 6.36. The first-order valence-corrected chi connectivity index (χ1v) is 20.8. The number of nitrogens with zero attached hydrogens (tertiary/aromatic N) is 1. The van der Waals surface area contributed by atoms with Crippen LogP contribution in [-0.2, 0) is 22.5 Å². The van der Waals surface area contributed by atoms with E-state index in [1.165, 1.54) is 29.5 Å². The van der Waals surface area contributed by atoms with Gasteiger partial charge in [-0.2, -0.15) is 0 Å². The second kappa shape index (κ2) is 23.8. The van der Waals surface area contributed by atoms with Crippen LogP contribution >= 0.6 is 22.9 Å². The lowest BCUT2D eigenvalue weighted by atomic mass is 10.0. The summed E-state index contributed by atoms with van der Waals surface area (Å²) >= 11 is 8.03. The maximum absolute atomic E-state index is 13.3. The molecule has 2 aromatic heterocycles. The van der Waals surface area contributed by atoms with Crippen LogP contribution in [0.1, 0.15) is 51.2 Å². The molecule has 59 heavy (non-hydrogen) atoms. The molecule has 14 heteroatoms. The van der Waals surface area contributed by atoms with E-state index in [0.29, 0.717) is 79.6 Å². The molecule has 0 aliphatic carbocycles. The third kappa shape index (κ3) is 13.8. The van der Waals surface area contributed by atoms with Crippen molar-refractivity contribution in [1.29, 1.82) is 0 Å². The van der Waals surface area contributed by atoms with Gasteiger partial charge in [-0.1, -0.05) is 68.5 Å². The van der Waals surface area contributed by atoms with E-state index in [9.17, 15) is 23.9 Å². The number of anilines is 2. The number of aromatic nitrogens is 1. The Labute approximate surface area is 353 Å². The van der Waals surface area contributed by atoms with Gasteiger partial charge in [0.2, 0.25) is 11.5 Å². The first kappa shape index (κ1) is 46.2. The molecule has 5 N–H and O–H groups in total. The van der Waals surface area contributed by atoms with Gasteiger partial charge in [0.15, 0.2) is 0 Å². The number of fused-ring (bicyclic) bond motifs is 1. The molecule has 3 heterocycles. The number of carbonyl (C=O) groups excluding carboxylic acids is 2. The van der Waals surface area contributed by atoms with Gasteiger partial charge in [0.05, 0.1) is 33.9 Å². The van der Waals surface area contributed by atoms with E-state index < -0.39 is 6.09 Å². The van der Waals surface area contributed by atoms with Crippen molar-refractivity contribution in [3.8, 4) is 21.9 Å². The fourth-order valence-corrected chi connectivity index (χ4v) is 7.45. The van der Waals surface area contributed by atoms with Crippen molar-refractivity contribution in [1.82, 2.24) is 15.2 Å². The Balaban J connectivity index is 0.00000102. The average molecular weight is 846 g/mol. The lowest BCUT2D eigenvalue weighted by molar-refractivity contribution is -0.116. The summed E-state index contributed by atoms with van der Waals surface area (Å²) in [5, 5.41) is 22.3. The van der Waals surface area contributed by atoms with E-state index in [2.05, 4.69) is 32.4 Å². The zero-order valence-corrected chi connectivity index (χ0v) is 35.5. The molecule has 1 fully saturated rings. The highest BCUT2D eigenvalue weighted by Crippen LogP contribution is 2.34. The van der Waals surface area contributed by atoms with Crippen molar-refractivity contribution < 1.29 is 28.6 Å². The number of benzene rings is 3. The molecule has 0 atom stereocenters. The van der Waals surface area contributed by atoms with E-state index >= 15 is 0 Å².